The lowest BCUT2D eigenvalue weighted by molar-refractivity contribution is -0.164. The third kappa shape index (κ3) is 4.19. The molecule has 1 aromatic heterocycles. The van der Waals surface area contributed by atoms with Crippen molar-refractivity contribution in [3.8, 4) is 0 Å². The Bertz CT molecular complexity index is 2060. The molecule has 0 N–H and O–H groups in total. The molecule has 3 heterocycles. The summed E-state index contributed by atoms with van der Waals surface area (Å²) in [5.41, 5.74) is 2.39. The van der Waals surface area contributed by atoms with Gasteiger partial charge >= 0.3 is 12.4 Å². The van der Waals surface area contributed by atoms with Crippen molar-refractivity contribution >= 4 is 34.1 Å². The average Bonchev–Trinajstić information content (AvgIpc) is 3.08. The minimum Gasteiger partial charge on any atom is -0.310 e. The van der Waals surface area contributed by atoms with E-state index in [-0.39, 0.29) is 5.69 Å². The largest absolute Gasteiger partial charge is 0.433 e. The first-order chi connectivity index (χ1) is 22.6. The maximum absolute atomic E-state index is 14.1. The van der Waals surface area contributed by atoms with E-state index in [1.807, 2.05) is 91.0 Å². The third-order valence-electron chi connectivity index (χ3n) is 8.92. The lowest BCUT2D eigenvalue weighted by Crippen LogP contribution is -2.42. The number of para-hydroxylation sites is 5. The van der Waals surface area contributed by atoms with Crippen LogP contribution < -0.4 is 9.80 Å². The molecule has 0 saturated carbocycles. The normalized spacial score (nSPS) is 14.7. The molecule has 1 spiro atoms. The summed E-state index contributed by atoms with van der Waals surface area (Å²) in [4.78, 5) is 7.14. The monoisotopic (exact) mass is 635 g/mol. The maximum atomic E-state index is 14.1. The van der Waals surface area contributed by atoms with Gasteiger partial charge in [-0.3, -0.25) is 0 Å². The van der Waals surface area contributed by atoms with Crippen LogP contribution in [0.25, 0.3) is 0 Å². The summed E-state index contributed by atoms with van der Waals surface area (Å²) < 4.78 is 83.6. The van der Waals surface area contributed by atoms with Crippen molar-refractivity contribution < 1.29 is 26.3 Å². The van der Waals surface area contributed by atoms with E-state index in [0.29, 0.717) is 17.4 Å². The van der Waals surface area contributed by atoms with Crippen LogP contribution in [-0.2, 0) is 17.8 Å². The van der Waals surface area contributed by atoms with Crippen LogP contribution in [0.5, 0.6) is 0 Å². The molecule has 5 aromatic carbocycles. The first-order valence-corrected chi connectivity index (χ1v) is 14.8. The highest BCUT2D eigenvalue weighted by atomic mass is 19.4. The van der Waals surface area contributed by atoms with Crippen LogP contribution in [0.15, 0.2) is 140 Å². The van der Waals surface area contributed by atoms with Crippen molar-refractivity contribution in [3.63, 3.8) is 0 Å². The molecule has 9 heteroatoms. The van der Waals surface area contributed by atoms with Gasteiger partial charge in [0.25, 0.3) is 0 Å². The lowest BCUT2D eigenvalue weighted by Gasteiger charge is -2.51. The Kier molecular flexibility index (Phi) is 6.28. The Hall–Kier alpha value is -5.57. The predicted octanol–water partition coefficient (Wildman–Crippen LogP) is 11.1. The first kappa shape index (κ1) is 28.9. The van der Waals surface area contributed by atoms with Gasteiger partial charge in [0.2, 0.25) is 0 Å². The highest BCUT2D eigenvalue weighted by Crippen LogP contribution is 2.63. The molecule has 8 rings (SSSR count). The van der Waals surface area contributed by atoms with E-state index in [0.717, 1.165) is 45.5 Å². The van der Waals surface area contributed by atoms with Crippen LogP contribution in [0.2, 0.25) is 0 Å². The smallest absolute Gasteiger partial charge is 0.310 e. The van der Waals surface area contributed by atoms with Crippen LogP contribution in [0, 0.1) is 0 Å². The number of alkyl halides is 6. The number of halogens is 6. The SMILES string of the molecule is FC(F)(F)c1cc(N2c3ccccc3C3(c4ccccc4N(c4ccccc4)c4ccccc43)c3ccccc32)cnc1C(F)(F)F. The molecule has 0 unspecified atom stereocenters. The van der Waals surface area contributed by atoms with E-state index in [4.69, 9.17) is 0 Å². The minimum absolute atomic E-state index is 0.136. The highest BCUT2D eigenvalue weighted by Gasteiger charge is 2.52. The fraction of sp³-hybridized carbons (Fsp3) is 0.0789. The highest BCUT2D eigenvalue weighted by molar-refractivity contribution is 5.96. The number of hydrogen-bond donors (Lipinski definition) is 0. The number of hydrogen-bond acceptors (Lipinski definition) is 3. The molecular weight excluding hydrogens is 612 g/mol. The molecule has 2 aliphatic heterocycles. The molecule has 232 valence electrons. The van der Waals surface area contributed by atoms with Crippen molar-refractivity contribution in [2.75, 3.05) is 9.80 Å². The summed E-state index contributed by atoms with van der Waals surface area (Å²) in [6.07, 6.45) is -9.71. The van der Waals surface area contributed by atoms with Crippen LogP contribution in [0.4, 0.5) is 60.5 Å². The zero-order valence-electron chi connectivity index (χ0n) is 24.4. The van der Waals surface area contributed by atoms with Gasteiger partial charge in [-0.1, -0.05) is 91.0 Å². The van der Waals surface area contributed by atoms with Gasteiger partial charge < -0.3 is 9.80 Å². The second-order valence-electron chi connectivity index (χ2n) is 11.4. The van der Waals surface area contributed by atoms with Crippen molar-refractivity contribution in [1.29, 1.82) is 0 Å². The zero-order chi connectivity index (χ0) is 32.6. The van der Waals surface area contributed by atoms with E-state index in [9.17, 15) is 26.3 Å². The van der Waals surface area contributed by atoms with E-state index >= 15 is 0 Å². The number of pyridine rings is 1. The van der Waals surface area contributed by atoms with Crippen molar-refractivity contribution in [3.05, 3.63) is 173 Å². The molecule has 6 aromatic rings. The number of rotatable bonds is 2. The number of anilines is 6. The molecule has 0 bridgehead atoms. The molecule has 0 aliphatic carbocycles. The summed E-state index contributed by atoms with van der Waals surface area (Å²) >= 11 is 0. The second-order valence-corrected chi connectivity index (χ2v) is 11.4. The molecule has 47 heavy (non-hydrogen) atoms. The van der Waals surface area contributed by atoms with E-state index < -0.39 is 29.0 Å². The van der Waals surface area contributed by atoms with Gasteiger partial charge in [-0.2, -0.15) is 26.3 Å². The summed E-state index contributed by atoms with van der Waals surface area (Å²) in [7, 11) is 0. The predicted molar refractivity (Wildman–Crippen MR) is 169 cm³/mol. The van der Waals surface area contributed by atoms with Crippen LogP contribution in [0.1, 0.15) is 33.5 Å². The summed E-state index contributed by atoms with van der Waals surface area (Å²) in [6, 6.07) is 41.3. The Labute approximate surface area is 266 Å². The lowest BCUT2D eigenvalue weighted by atomic mass is 9.60. The van der Waals surface area contributed by atoms with Gasteiger partial charge in [0.1, 0.15) is 0 Å². The number of aromatic nitrogens is 1. The van der Waals surface area contributed by atoms with E-state index in [1.54, 1.807) is 29.2 Å². The molecule has 0 amide bonds. The summed E-state index contributed by atoms with van der Waals surface area (Å²) in [5, 5.41) is 0. The summed E-state index contributed by atoms with van der Waals surface area (Å²) in [5.74, 6) is 0. The van der Waals surface area contributed by atoms with E-state index in [2.05, 4.69) is 22.0 Å². The fourth-order valence-corrected chi connectivity index (χ4v) is 7.22. The van der Waals surface area contributed by atoms with Gasteiger partial charge in [0, 0.05) is 5.69 Å². The van der Waals surface area contributed by atoms with Gasteiger partial charge in [-0.15, -0.1) is 0 Å². The van der Waals surface area contributed by atoms with Gasteiger partial charge in [0.05, 0.1) is 45.6 Å². The van der Waals surface area contributed by atoms with E-state index in [1.165, 1.54) is 0 Å². The zero-order valence-corrected chi connectivity index (χ0v) is 24.4. The van der Waals surface area contributed by atoms with Gasteiger partial charge in [0.15, 0.2) is 5.69 Å². The Balaban J connectivity index is 1.46. The third-order valence-corrected chi connectivity index (χ3v) is 8.92. The van der Waals surface area contributed by atoms with Gasteiger partial charge in [-0.05, 0) is 64.7 Å². The maximum Gasteiger partial charge on any atom is 0.433 e. The Morgan fingerprint density at radius 2 is 0.830 bits per heavy atom. The number of nitrogens with zero attached hydrogens (tertiary/aromatic N) is 3. The molecule has 0 radical (unpaired) electrons. The molecule has 0 atom stereocenters. The first-order valence-electron chi connectivity index (χ1n) is 14.8. The van der Waals surface area contributed by atoms with Crippen molar-refractivity contribution in [2.24, 2.45) is 0 Å². The standard InChI is InChI=1S/C38H23F6N3/c39-37(40,41)30-22-25(23-45-35(30)38(42,43)44)47-33-20-10-6-16-28(33)36(29-17-7-11-21-34(29)47)26-14-4-8-18-31(26)46(24-12-2-1-3-13-24)32-19-9-5-15-27(32)36/h1-23H. The average molecular weight is 636 g/mol. The van der Waals surface area contributed by atoms with Crippen molar-refractivity contribution in [2.45, 2.75) is 17.8 Å². The van der Waals surface area contributed by atoms with Crippen LogP contribution in [0.3, 0.4) is 0 Å². The number of fused-ring (bicyclic) bond motifs is 8. The second kappa shape index (κ2) is 10.2. The quantitative estimate of drug-likeness (QED) is 0.176. The summed E-state index contributed by atoms with van der Waals surface area (Å²) in [6.45, 7) is 0. The molecular formula is C38H23F6N3. The van der Waals surface area contributed by atoms with Crippen molar-refractivity contribution in [1.82, 2.24) is 4.98 Å². The number of benzene rings is 5. The van der Waals surface area contributed by atoms with Crippen LogP contribution in [-0.4, -0.2) is 4.98 Å². The molecule has 0 fully saturated rings. The van der Waals surface area contributed by atoms with Crippen LogP contribution >= 0.6 is 0 Å². The Morgan fingerprint density at radius 3 is 1.23 bits per heavy atom. The Morgan fingerprint density at radius 1 is 0.447 bits per heavy atom. The minimum atomic E-state index is -5.29. The van der Waals surface area contributed by atoms with Gasteiger partial charge in [-0.25, -0.2) is 4.98 Å². The topological polar surface area (TPSA) is 19.4 Å². The molecule has 2 aliphatic rings. The fourth-order valence-electron chi connectivity index (χ4n) is 7.22. The molecule has 3 nitrogen and oxygen atoms in total. The molecule has 0 saturated heterocycles.